The summed E-state index contributed by atoms with van der Waals surface area (Å²) in [6.07, 6.45) is 0.908. The number of rotatable bonds is 5. The van der Waals surface area contributed by atoms with Gasteiger partial charge in [-0.15, -0.1) is 0 Å². The van der Waals surface area contributed by atoms with Gasteiger partial charge in [0, 0.05) is 23.0 Å². The first kappa shape index (κ1) is 17.0. The first-order valence-corrected chi connectivity index (χ1v) is 8.03. The lowest BCUT2D eigenvalue weighted by Gasteiger charge is -2.13. The molecular weight excluding hydrogens is 306 g/mol. The Morgan fingerprint density at radius 3 is 2.13 bits per heavy atom. The zero-order valence-electron chi connectivity index (χ0n) is 13.3. The van der Waals surface area contributed by atoms with E-state index in [2.05, 4.69) is 16.0 Å². The van der Waals surface area contributed by atoms with E-state index in [0.717, 1.165) is 17.8 Å². The monoisotopic (exact) mass is 327 g/mol. The van der Waals surface area contributed by atoms with Crippen LogP contribution in [0.3, 0.4) is 0 Å². The number of carbonyl (C=O) groups excluding carboxylic acids is 1. The Labute approximate surface area is 142 Å². The van der Waals surface area contributed by atoms with Crippen LogP contribution in [-0.4, -0.2) is 17.1 Å². The molecule has 0 aliphatic carbocycles. The molecule has 23 heavy (non-hydrogen) atoms. The molecule has 0 saturated heterocycles. The van der Waals surface area contributed by atoms with Gasteiger partial charge in [-0.25, -0.2) is 0 Å². The Hall–Kier alpha value is -2.40. The lowest BCUT2D eigenvalue weighted by molar-refractivity contribution is 0.0939. The van der Waals surface area contributed by atoms with Crippen LogP contribution in [0.25, 0.3) is 0 Å². The standard InChI is InChI=1S/C18H21N3OS/c1-3-13(2)19-17(22)14-9-11-16(12-10-14)21-18(23)20-15-7-5-4-6-8-15/h4-13H,3H2,1-2H3,(H,19,22)(H2,20,21,23). The summed E-state index contributed by atoms with van der Waals surface area (Å²) in [5, 5.41) is 9.65. The van der Waals surface area contributed by atoms with Crippen molar-refractivity contribution in [3.05, 3.63) is 60.2 Å². The van der Waals surface area contributed by atoms with Gasteiger partial charge in [0.2, 0.25) is 0 Å². The Bertz CT molecular complexity index is 656. The highest BCUT2D eigenvalue weighted by molar-refractivity contribution is 7.80. The van der Waals surface area contributed by atoms with Crippen molar-refractivity contribution in [2.24, 2.45) is 0 Å². The van der Waals surface area contributed by atoms with E-state index < -0.39 is 0 Å². The highest BCUT2D eigenvalue weighted by Crippen LogP contribution is 2.11. The Morgan fingerprint density at radius 1 is 1.00 bits per heavy atom. The van der Waals surface area contributed by atoms with E-state index >= 15 is 0 Å². The summed E-state index contributed by atoms with van der Waals surface area (Å²) in [4.78, 5) is 12.0. The Kier molecular flexibility index (Phi) is 6.11. The third-order valence-corrected chi connectivity index (χ3v) is 3.63. The Balaban J connectivity index is 1.92. The molecule has 0 fully saturated rings. The summed E-state index contributed by atoms with van der Waals surface area (Å²) in [7, 11) is 0. The van der Waals surface area contributed by atoms with Crippen LogP contribution in [0.15, 0.2) is 54.6 Å². The molecule has 0 heterocycles. The normalized spacial score (nSPS) is 11.4. The SMILES string of the molecule is CCC(C)NC(=O)c1ccc(NC(=S)Nc2ccccc2)cc1. The molecule has 2 rings (SSSR count). The van der Waals surface area contributed by atoms with Crippen LogP contribution in [0.5, 0.6) is 0 Å². The molecule has 0 aromatic heterocycles. The lowest BCUT2D eigenvalue weighted by Crippen LogP contribution is -2.31. The minimum absolute atomic E-state index is 0.0594. The van der Waals surface area contributed by atoms with Gasteiger partial charge in [0.25, 0.3) is 5.91 Å². The number of hydrogen-bond acceptors (Lipinski definition) is 2. The zero-order chi connectivity index (χ0) is 16.7. The van der Waals surface area contributed by atoms with E-state index in [0.29, 0.717) is 10.7 Å². The fourth-order valence-electron chi connectivity index (χ4n) is 1.93. The van der Waals surface area contributed by atoms with Crippen molar-refractivity contribution in [3.8, 4) is 0 Å². The lowest BCUT2D eigenvalue weighted by atomic mass is 10.1. The smallest absolute Gasteiger partial charge is 0.251 e. The average Bonchev–Trinajstić information content (AvgIpc) is 2.56. The molecule has 0 aliphatic heterocycles. The number of para-hydroxylation sites is 1. The second-order valence-electron chi connectivity index (χ2n) is 5.31. The largest absolute Gasteiger partial charge is 0.350 e. The molecule has 0 aliphatic rings. The molecule has 5 heteroatoms. The van der Waals surface area contributed by atoms with Crippen molar-refractivity contribution in [2.75, 3.05) is 10.6 Å². The minimum atomic E-state index is -0.0594. The number of benzene rings is 2. The third-order valence-electron chi connectivity index (χ3n) is 3.43. The van der Waals surface area contributed by atoms with Crippen molar-refractivity contribution in [1.82, 2.24) is 5.32 Å². The average molecular weight is 327 g/mol. The van der Waals surface area contributed by atoms with E-state index in [9.17, 15) is 4.79 Å². The molecule has 0 bridgehead atoms. The molecule has 2 aromatic carbocycles. The number of nitrogens with one attached hydrogen (secondary N) is 3. The van der Waals surface area contributed by atoms with E-state index in [1.54, 1.807) is 12.1 Å². The van der Waals surface area contributed by atoms with Crippen molar-refractivity contribution >= 4 is 34.6 Å². The fraction of sp³-hybridized carbons (Fsp3) is 0.222. The predicted octanol–water partition coefficient (Wildman–Crippen LogP) is 4.02. The molecule has 1 amide bonds. The number of hydrogen-bond donors (Lipinski definition) is 3. The summed E-state index contributed by atoms with van der Waals surface area (Å²) in [5.74, 6) is -0.0594. The molecule has 120 valence electrons. The summed E-state index contributed by atoms with van der Waals surface area (Å²) < 4.78 is 0. The van der Waals surface area contributed by atoms with Crippen LogP contribution in [0.1, 0.15) is 30.6 Å². The molecule has 1 unspecified atom stereocenters. The van der Waals surface area contributed by atoms with E-state index in [-0.39, 0.29) is 11.9 Å². The van der Waals surface area contributed by atoms with E-state index in [1.807, 2.05) is 56.3 Å². The van der Waals surface area contributed by atoms with Crippen molar-refractivity contribution < 1.29 is 4.79 Å². The molecule has 2 aromatic rings. The third kappa shape index (κ3) is 5.38. The van der Waals surface area contributed by atoms with Gasteiger partial charge in [0.05, 0.1) is 0 Å². The Morgan fingerprint density at radius 2 is 1.57 bits per heavy atom. The second-order valence-corrected chi connectivity index (χ2v) is 5.71. The second kappa shape index (κ2) is 8.29. The maximum absolute atomic E-state index is 12.0. The van der Waals surface area contributed by atoms with Gasteiger partial charge < -0.3 is 16.0 Å². The van der Waals surface area contributed by atoms with Crippen molar-refractivity contribution in [2.45, 2.75) is 26.3 Å². The zero-order valence-corrected chi connectivity index (χ0v) is 14.1. The van der Waals surface area contributed by atoms with Gasteiger partial charge in [-0.05, 0) is 62.0 Å². The van der Waals surface area contributed by atoms with Crippen LogP contribution in [0.2, 0.25) is 0 Å². The van der Waals surface area contributed by atoms with Crippen LogP contribution < -0.4 is 16.0 Å². The topological polar surface area (TPSA) is 53.2 Å². The van der Waals surface area contributed by atoms with Gasteiger partial charge >= 0.3 is 0 Å². The van der Waals surface area contributed by atoms with Crippen molar-refractivity contribution in [1.29, 1.82) is 0 Å². The number of thiocarbonyl (C=S) groups is 1. The van der Waals surface area contributed by atoms with E-state index in [1.165, 1.54) is 0 Å². The number of amides is 1. The predicted molar refractivity (Wildman–Crippen MR) is 99.9 cm³/mol. The van der Waals surface area contributed by atoms with Gasteiger partial charge in [-0.2, -0.15) is 0 Å². The quantitative estimate of drug-likeness (QED) is 0.726. The van der Waals surface area contributed by atoms with Gasteiger partial charge in [-0.1, -0.05) is 25.1 Å². The van der Waals surface area contributed by atoms with E-state index in [4.69, 9.17) is 12.2 Å². The molecule has 0 radical (unpaired) electrons. The molecular formula is C18H21N3OS. The van der Waals surface area contributed by atoms with Gasteiger partial charge in [-0.3, -0.25) is 4.79 Å². The summed E-state index contributed by atoms with van der Waals surface area (Å²) in [6.45, 7) is 4.03. The highest BCUT2D eigenvalue weighted by Gasteiger charge is 2.08. The fourth-order valence-corrected chi connectivity index (χ4v) is 2.16. The molecule has 0 saturated carbocycles. The van der Waals surface area contributed by atoms with Crippen LogP contribution in [0, 0.1) is 0 Å². The molecule has 4 nitrogen and oxygen atoms in total. The van der Waals surface area contributed by atoms with Crippen LogP contribution in [0.4, 0.5) is 11.4 Å². The molecule has 1 atom stereocenters. The van der Waals surface area contributed by atoms with Crippen LogP contribution in [-0.2, 0) is 0 Å². The molecule has 0 spiro atoms. The number of carbonyl (C=O) groups is 1. The highest BCUT2D eigenvalue weighted by atomic mass is 32.1. The summed E-state index contributed by atoms with van der Waals surface area (Å²) >= 11 is 5.27. The maximum atomic E-state index is 12.0. The molecule has 3 N–H and O–H groups in total. The first-order valence-electron chi connectivity index (χ1n) is 7.62. The first-order chi connectivity index (χ1) is 11.1. The minimum Gasteiger partial charge on any atom is -0.350 e. The van der Waals surface area contributed by atoms with Crippen LogP contribution >= 0.6 is 12.2 Å². The number of anilines is 2. The summed E-state index contributed by atoms with van der Waals surface area (Å²) in [5.41, 5.74) is 2.39. The summed E-state index contributed by atoms with van der Waals surface area (Å²) in [6, 6.07) is 17.1. The van der Waals surface area contributed by atoms with Gasteiger partial charge in [0.15, 0.2) is 5.11 Å². The maximum Gasteiger partial charge on any atom is 0.251 e. The van der Waals surface area contributed by atoms with Gasteiger partial charge in [0.1, 0.15) is 0 Å². The van der Waals surface area contributed by atoms with Crippen molar-refractivity contribution in [3.63, 3.8) is 0 Å².